The number of nitrogens with zero attached hydrogens (tertiary/aromatic N) is 2. The lowest BCUT2D eigenvalue weighted by molar-refractivity contribution is -0.430. The monoisotopic (exact) mass is 345 g/mol. The number of nitrogen functional groups attached to an aromatic ring is 1. The molecule has 0 aliphatic heterocycles. The van der Waals surface area contributed by atoms with Crippen molar-refractivity contribution in [3.05, 3.63) is 23.9 Å². The van der Waals surface area contributed by atoms with E-state index in [1.807, 2.05) is 19.1 Å². The number of rotatable bonds is 1. The van der Waals surface area contributed by atoms with Crippen LogP contribution in [0.25, 0.3) is 21.5 Å². The third-order valence-corrected chi connectivity index (χ3v) is 3.53. The van der Waals surface area contributed by atoms with Crippen LogP contribution in [0.4, 0.5) is 18.3 Å². The average molecular weight is 345 g/mol. The summed E-state index contributed by atoms with van der Waals surface area (Å²) in [5.41, 5.74) is 8.70. The minimum Gasteiger partial charge on any atom is -0.542 e. The standard InChI is InChI=1S/C10H9N5S.C2HF3O2/c1-5-7-4-6(2-3-8(7)13-12-5)9-14-15-10(11)16-9;3-2(4,5)1(6)7/h2-4H,1H3,(H2,11,15)(H,12,13);(H,6,7). The number of anilines is 1. The fraction of sp³-hybridized carbons (Fsp3) is 0.167. The Kier molecular flexibility index (Phi) is 4.50. The highest BCUT2D eigenvalue weighted by Gasteiger charge is 2.28. The van der Waals surface area contributed by atoms with Crippen molar-refractivity contribution >= 4 is 33.3 Å². The van der Waals surface area contributed by atoms with E-state index >= 15 is 0 Å². The molecule has 0 spiro atoms. The largest absolute Gasteiger partial charge is 0.542 e. The molecule has 0 atom stereocenters. The van der Waals surface area contributed by atoms with Gasteiger partial charge in [0.2, 0.25) is 0 Å². The smallest absolute Gasteiger partial charge is 0.430 e. The summed E-state index contributed by atoms with van der Waals surface area (Å²) in [6.45, 7) is 2.00. The number of aromatic nitrogens is 4. The van der Waals surface area contributed by atoms with Gasteiger partial charge in [-0.1, -0.05) is 5.10 Å². The zero-order valence-corrected chi connectivity index (χ0v) is 12.4. The number of halogens is 3. The summed E-state index contributed by atoms with van der Waals surface area (Å²) in [7, 11) is 0. The maximum atomic E-state index is 10.5. The fourth-order valence-corrected chi connectivity index (χ4v) is 2.29. The number of nitrogens with one attached hydrogen (secondary N) is 2. The first kappa shape index (κ1) is 16.7. The topological polar surface area (TPSA) is 122 Å². The SMILES string of the molecule is Cc1[nH]nc2ccc(-c3n[nH+]c(N)s3)cc12.O=C([O-])C(F)(F)F. The maximum absolute atomic E-state index is 10.5. The number of carbonyl (C=O) groups is 1. The molecular weight excluding hydrogens is 335 g/mol. The Morgan fingerprint density at radius 3 is 2.61 bits per heavy atom. The second-order valence-electron chi connectivity index (χ2n) is 4.36. The van der Waals surface area contributed by atoms with Crippen LogP contribution in [0.5, 0.6) is 0 Å². The summed E-state index contributed by atoms with van der Waals surface area (Å²) >= 11 is 1.44. The highest BCUT2D eigenvalue weighted by atomic mass is 32.1. The molecule has 0 aliphatic carbocycles. The molecule has 0 unspecified atom stereocenters. The first-order valence-corrected chi connectivity index (χ1v) is 6.87. The van der Waals surface area contributed by atoms with Gasteiger partial charge in [0.15, 0.2) is 5.01 Å². The van der Waals surface area contributed by atoms with Crippen molar-refractivity contribution in [2.24, 2.45) is 0 Å². The highest BCUT2D eigenvalue weighted by Crippen LogP contribution is 2.26. The number of carboxylic acid groups (broad SMARTS) is 1. The lowest BCUT2D eigenvalue weighted by Gasteiger charge is -2.03. The first-order chi connectivity index (χ1) is 10.7. The van der Waals surface area contributed by atoms with Crippen LogP contribution in [0.2, 0.25) is 0 Å². The molecule has 11 heteroatoms. The van der Waals surface area contributed by atoms with Crippen molar-refractivity contribution in [2.75, 3.05) is 5.73 Å². The van der Waals surface area contributed by atoms with E-state index in [1.54, 1.807) is 0 Å². The van der Waals surface area contributed by atoms with E-state index in [0.717, 1.165) is 27.2 Å². The van der Waals surface area contributed by atoms with Gasteiger partial charge in [-0.05, 0) is 36.5 Å². The molecule has 0 saturated heterocycles. The second kappa shape index (κ2) is 6.20. The molecule has 0 amide bonds. The van der Waals surface area contributed by atoms with Crippen LogP contribution in [0, 0.1) is 6.92 Å². The Hall–Kier alpha value is -2.69. The normalized spacial score (nSPS) is 11.1. The molecule has 3 rings (SSSR count). The molecule has 122 valence electrons. The summed E-state index contributed by atoms with van der Waals surface area (Å²) in [6.07, 6.45) is -5.19. The Morgan fingerprint density at radius 2 is 2.09 bits per heavy atom. The maximum Gasteiger partial charge on any atom is 0.430 e. The molecule has 7 nitrogen and oxygen atoms in total. The average Bonchev–Trinajstić information content (AvgIpc) is 3.05. The summed E-state index contributed by atoms with van der Waals surface area (Å²) < 4.78 is 31.5. The molecule has 0 fully saturated rings. The van der Waals surface area contributed by atoms with E-state index < -0.39 is 12.1 Å². The van der Waals surface area contributed by atoms with E-state index in [2.05, 4.69) is 26.5 Å². The molecule has 2 aromatic heterocycles. The van der Waals surface area contributed by atoms with Crippen LogP contribution < -0.4 is 15.9 Å². The van der Waals surface area contributed by atoms with Crippen molar-refractivity contribution in [2.45, 2.75) is 13.1 Å². The van der Waals surface area contributed by atoms with Crippen molar-refractivity contribution < 1.29 is 28.2 Å². The van der Waals surface area contributed by atoms with Gasteiger partial charge in [0.1, 0.15) is 5.97 Å². The van der Waals surface area contributed by atoms with Gasteiger partial charge >= 0.3 is 11.3 Å². The molecular formula is C12H10F3N5O2S. The van der Waals surface area contributed by atoms with Gasteiger partial charge in [0, 0.05) is 16.6 Å². The van der Waals surface area contributed by atoms with Crippen LogP contribution in [0.1, 0.15) is 5.69 Å². The number of fused-ring (bicyclic) bond motifs is 1. The number of nitrogens with two attached hydrogens (primary N) is 1. The van der Waals surface area contributed by atoms with Gasteiger partial charge in [-0.3, -0.25) is 10.8 Å². The third-order valence-electron chi connectivity index (χ3n) is 2.70. The zero-order chi connectivity index (χ0) is 17.2. The van der Waals surface area contributed by atoms with Crippen LogP contribution >= 0.6 is 11.3 Å². The van der Waals surface area contributed by atoms with Crippen LogP contribution in [0.15, 0.2) is 18.2 Å². The lowest BCUT2D eigenvalue weighted by atomic mass is 10.1. The molecule has 0 bridgehead atoms. The molecule has 0 saturated carbocycles. The van der Waals surface area contributed by atoms with Crippen molar-refractivity contribution in [1.29, 1.82) is 0 Å². The molecule has 23 heavy (non-hydrogen) atoms. The van der Waals surface area contributed by atoms with Crippen LogP contribution in [-0.4, -0.2) is 27.4 Å². The van der Waals surface area contributed by atoms with Gasteiger partial charge < -0.3 is 9.90 Å². The summed E-state index contributed by atoms with van der Waals surface area (Å²) in [4.78, 5) is 8.78. The number of aromatic amines is 2. The molecule has 4 N–H and O–H groups in total. The molecule has 0 radical (unpaired) electrons. The quantitative estimate of drug-likeness (QED) is 0.672. The van der Waals surface area contributed by atoms with Crippen molar-refractivity contribution in [3.8, 4) is 10.6 Å². The van der Waals surface area contributed by atoms with Gasteiger partial charge in [0.05, 0.1) is 5.52 Å². The minimum absolute atomic E-state index is 0.610. The van der Waals surface area contributed by atoms with Gasteiger partial charge in [-0.15, -0.1) is 5.10 Å². The fourth-order valence-electron chi connectivity index (χ4n) is 1.65. The van der Waals surface area contributed by atoms with Gasteiger partial charge in [-0.2, -0.15) is 18.3 Å². The Balaban J connectivity index is 0.000000236. The van der Waals surface area contributed by atoms with E-state index in [4.69, 9.17) is 15.6 Å². The Labute approximate surface area is 131 Å². The number of aliphatic carboxylic acids is 1. The number of carbonyl (C=O) groups excluding carboxylic acids is 1. The van der Waals surface area contributed by atoms with Crippen molar-refractivity contribution in [3.63, 3.8) is 0 Å². The van der Waals surface area contributed by atoms with E-state index in [-0.39, 0.29) is 0 Å². The molecule has 2 heterocycles. The number of benzene rings is 1. The summed E-state index contributed by atoms with van der Waals surface area (Å²) in [6, 6.07) is 6.04. The second-order valence-corrected chi connectivity index (χ2v) is 5.39. The number of carboxylic acids is 1. The number of H-pyrrole nitrogens is 2. The first-order valence-electron chi connectivity index (χ1n) is 6.05. The molecule has 1 aromatic carbocycles. The predicted molar refractivity (Wildman–Crippen MR) is 74.0 cm³/mol. The van der Waals surface area contributed by atoms with Crippen LogP contribution in [0.3, 0.4) is 0 Å². The lowest BCUT2D eigenvalue weighted by Crippen LogP contribution is -2.37. The summed E-state index contributed by atoms with van der Waals surface area (Å²) in [5, 5.41) is 25.4. The predicted octanol–water partition coefficient (Wildman–Crippen LogP) is 0.690. The van der Waals surface area contributed by atoms with Gasteiger partial charge in [0.25, 0.3) is 0 Å². The number of hydrogen-bond donors (Lipinski definition) is 2. The van der Waals surface area contributed by atoms with Gasteiger partial charge in [-0.25, -0.2) is 0 Å². The molecule has 0 aliphatic rings. The summed E-state index contributed by atoms with van der Waals surface area (Å²) in [5.74, 6) is -3.01. The zero-order valence-electron chi connectivity index (χ0n) is 11.6. The van der Waals surface area contributed by atoms with Crippen LogP contribution in [-0.2, 0) is 4.79 Å². The minimum atomic E-state index is -5.19. The van der Waals surface area contributed by atoms with E-state index in [9.17, 15) is 13.2 Å². The highest BCUT2D eigenvalue weighted by molar-refractivity contribution is 7.17. The number of alkyl halides is 3. The van der Waals surface area contributed by atoms with Crippen molar-refractivity contribution in [1.82, 2.24) is 15.3 Å². The van der Waals surface area contributed by atoms with E-state index in [0.29, 0.717) is 5.13 Å². The number of hydrogen-bond acceptors (Lipinski definition) is 6. The Bertz CT molecular complexity index is 843. The Morgan fingerprint density at radius 1 is 1.43 bits per heavy atom. The molecule has 3 aromatic rings. The van der Waals surface area contributed by atoms with E-state index in [1.165, 1.54) is 11.3 Å². The number of aryl methyl sites for hydroxylation is 1. The third kappa shape index (κ3) is 3.94.